The van der Waals surface area contributed by atoms with Gasteiger partial charge in [0.1, 0.15) is 0 Å². The fourth-order valence-corrected chi connectivity index (χ4v) is 3.44. The zero-order chi connectivity index (χ0) is 15.1. The number of fused-ring (bicyclic) bond motifs is 1. The van der Waals surface area contributed by atoms with Crippen molar-refractivity contribution in [3.05, 3.63) is 0 Å². The Balaban J connectivity index is 2.01. The zero-order valence-electron chi connectivity index (χ0n) is 13.4. The van der Waals surface area contributed by atoms with E-state index in [-0.39, 0.29) is 35.1 Å². The predicted molar refractivity (Wildman–Crippen MR) is 79.0 cm³/mol. The normalized spacial score (nSPS) is 30.4. The van der Waals surface area contributed by atoms with Crippen molar-refractivity contribution in [2.24, 2.45) is 23.2 Å². The van der Waals surface area contributed by atoms with Crippen LogP contribution in [0.2, 0.25) is 0 Å². The molecule has 0 aromatic heterocycles. The predicted octanol–water partition coefficient (Wildman–Crippen LogP) is 2.04. The van der Waals surface area contributed by atoms with Crippen LogP contribution in [-0.4, -0.2) is 35.8 Å². The van der Waals surface area contributed by atoms with E-state index in [1.807, 2.05) is 13.8 Å². The van der Waals surface area contributed by atoms with Gasteiger partial charge in [0.2, 0.25) is 11.8 Å². The quantitative estimate of drug-likeness (QED) is 0.726. The number of rotatable bonds is 7. The summed E-state index contributed by atoms with van der Waals surface area (Å²) in [4.78, 5) is 26.3. The molecule has 1 heterocycles. The van der Waals surface area contributed by atoms with Gasteiger partial charge in [0, 0.05) is 12.6 Å². The first-order valence-corrected chi connectivity index (χ1v) is 7.94. The van der Waals surface area contributed by atoms with Gasteiger partial charge in [-0.1, -0.05) is 41.0 Å². The first kappa shape index (κ1) is 15.5. The Hall–Kier alpha value is -0.900. The molecule has 1 saturated heterocycles. The third-order valence-corrected chi connectivity index (χ3v) is 5.26. The van der Waals surface area contributed by atoms with Crippen molar-refractivity contribution in [2.45, 2.75) is 53.5 Å². The van der Waals surface area contributed by atoms with Crippen LogP contribution in [0.1, 0.15) is 47.5 Å². The molecule has 0 radical (unpaired) electrons. The van der Waals surface area contributed by atoms with Gasteiger partial charge < -0.3 is 5.32 Å². The summed E-state index contributed by atoms with van der Waals surface area (Å²) in [6.07, 6.45) is 2.11. The molecular weight excluding hydrogens is 252 g/mol. The first-order valence-electron chi connectivity index (χ1n) is 7.94. The van der Waals surface area contributed by atoms with Gasteiger partial charge in [-0.05, 0) is 24.3 Å². The summed E-state index contributed by atoms with van der Waals surface area (Å²) in [7, 11) is 0. The van der Waals surface area contributed by atoms with Crippen LogP contribution < -0.4 is 5.32 Å². The highest BCUT2D eigenvalue weighted by Crippen LogP contribution is 2.63. The van der Waals surface area contributed by atoms with Crippen LogP contribution in [0.25, 0.3) is 0 Å². The van der Waals surface area contributed by atoms with Crippen LogP contribution in [0, 0.1) is 23.2 Å². The van der Waals surface area contributed by atoms with Crippen molar-refractivity contribution in [3.63, 3.8) is 0 Å². The Bertz CT molecular complexity index is 381. The lowest BCUT2D eigenvalue weighted by atomic mass is 9.97. The zero-order valence-corrected chi connectivity index (χ0v) is 13.4. The Labute approximate surface area is 122 Å². The van der Waals surface area contributed by atoms with Gasteiger partial charge in [0.25, 0.3) is 0 Å². The number of carbonyl (C=O) groups is 2. The van der Waals surface area contributed by atoms with E-state index in [1.54, 1.807) is 0 Å². The number of nitrogens with zero attached hydrogens (tertiary/aromatic N) is 1. The van der Waals surface area contributed by atoms with E-state index in [1.165, 1.54) is 4.90 Å². The summed E-state index contributed by atoms with van der Waals surface area (Å²) < 4.78 is 0. The average molecular weight is 280 g/mol. The third-order valence-electron chi connectivity index (χ3n) is 5.26. The molecule has 0 aromatic rings. The van der Waals surface area contributed by atoms with E-state index in [4.69, 9.17) is 0 Å². The number of carbonyl (C=O) groups excluding carboxylic acids is 2. The highest BCUT2D eigenvalue weighted by atomic mass is 16.2. The lowest BCUT2D eigenvalue weighted by molar-refractivity contribution is -0.143. The molecular formula is C16H28N2O2. The molecule has 20 heavy (non-hydrogen) atoms. The molecule has 1 aliphatic heterocycles. The van der Waals surface area contributed by atoms with E-state index in [2.05, 4.69) is 26.1 Å². The Morgan fingerprint density at radius 3 is 2.20 bits per heavy atom. The summed E-state index contributed by atoms with van der Waals surface area (Å²) in [5, 5.41) is 3.49. The van der Waals surface area contributed by atoms with Crippen molar-refractivity contribution in [2.75, 3.05) is 13.1 Å². The summed E-state index contributed by atoms with van der Waals surface area (Å²) in [6.45, 7) is 12.0. The maximum absolute atomic E-state index is 12.4. The number of amides is 2. The molecule has 0 spiro atoms. The van der Waals surface area contributed by atoms with Gasteiger partial charge in [0.15, 0.2) is 0 Å². The van der Waals surface area contributed by atoms with Crippen molar-refractivity contribution in [3.8, 4) is 0 Å². The van der Waals surface area contributed by atoms with E-state index >= 15 is 0 Å². The van der Waals surface area contributed by atoms with Gasteiger partial charge >= 0.3 is 0 Å². The molecule has 2 amide bonds. The lowest BCUT2D eigenvalue weighted by Crippen LogP contribution is -2.48. The Kier molecular flexibility index (Phi) is 4.24. The summed E-state index contributed by atoms with van der Waals surface area (Å²) >= 11 is 0. The second-order valence-corrected chi connectivity index (χ2v) is 7.01. The van der Waals surface area contributed by atoms with Crippen LogP contribution in [0.4, 0.5) is 0 Å². The SMILES string of the molecule is CCCNC(CN1C(=O)C2C(C1=O)C2(C)C)C(C)CC. The van der Waals surface area contributed by atoms with Crippen molar-refractivity contribution in [1.29, 1.82) is 0 Å². The number of hydrogen-bond donors (Lipinski definition) is 1. The minimum absolute atomic E-state index is 0.0524. The molecule has 4 nitrogen and oxygen atoms in total. The largest absolute Gasteiger partial charge is 0.312 e. The van der Waals surface area contributed by atoms with E-state index in [0.29, 0.717) is 12.5 Å². The summed E-state index contributed by atoms with van der Waals surface area (Å²) in [5.74, 6) is 0.456. The minimum Gasteiger partial charge on any atom is -0.312 e. The maximum atomic E-state index is 12.4. The van der Waals surface area contributed by atoms with Crippen LogP contribution in [-0.2, 0) is 9.59 Å². The van der Waals surface area contributed by atoms with Gasteiger partial charge in [-0.25, -0.2) is 0 Å². The highest BCUT2D eigenvalue weighted by molar-refractivity contribution is 6.10. The summed E-state index contributed by atoms with van der Waals surface area (Å²) in [6, 6.07) is 0.216. The van der Waals surface area contributed by atoms with Crippen LogP contribution in [0.5, 0.6) is 0 Å². The Morgan fingerprint density at radius 2 is 1.75 bits per heavy atom. The molecule has 2 fully saturated rings. The maximum Gasteiger partial charge on any atom is 0.233 e. The number of likely N-dealkylation sites (tertiary alicyclic amines) is 1. The molecule has 2 rings (SSSR count). The number of piperidine rings is 1. The highest BCUT2D eigenvalue weighted by Gasteiger charge is 2.72. The van der Waals surface area contributed by atoms with Crippen LogP contribution >= 0.6 is 0 Å². The number of nitrogens with one attached hydrogen (secondary N) is 1. The van der Waals surface area contributed by atoms with Crippen molar-refractivity contribution < 1.29 is 9.59 Å². The molecule has 1 N–H and O–H groups in total. The molecule has 0 aromatic carbocycles. The van der Waals surface area contributed by atoms with E-state index in [0.717, 1.165) is 19.4 Å². The second kappa shape index (κ2) is 5.47. The summed E-state index contributed by atoms with van der Waals surface area (Å²) in [5.41, 5.74) is -0.104. The van der Waals surface area contributed by atoms with Crippen molar-refractivity contribution in [1.82, 2.24) is 10.2 Å². The molecule has 4 unspecified atom stereocenters. The van der Waals surface area contributed by atoms with Gasteiger partial charge in [-0.2, -0.15) is 0 Å². The van der Waals surface area contributed by atoms with Gasteiger partial charge in [-0.3, -0.25) is 14.5 Å². The fraction of sp³-hybridized carbons (Fsp3) is 0.875. The minimum atomic E-state index is -0.104. The lowest BCUT2D eigenvalue weighted by Gasteiger charge is -2.30. The standard InChI is InChI=1S/C16H28N2O2/c1-6-8-17-11(10(3)7-2)9-18-14(19)12-13(15(18)20)16(12,4)5/h10-13,17H,6-9H2,1-5H3. The van der Waals surface area contributed by atoms with Crippen LogP contribution in [0.3, 0.4) is 0 Å². The van der Waals surface area contributed by atoms with E-state index in [9.17, 15) is 9.59 Å². The monoisotopic (exact) mass is 280 g/mol. The second-order valence-electron chi connectivity index (χ2n) is 7.01. The number of hydrogen-bond acceptors (Lipinski definition) is 3. The van der Waals surface area contributed by atoms with E-state index < -0.39 is 0 Å². The first-order chi connectivity index (χ1) is 9.36. The Morgan fingerprint density at radius 1 is 1.20 bits per heavy atom. The fourth-order valence-electron chi connectivity index (χ4n) is 3.44. The smallest absolute Gasteiger partial charge is 0.233 e. The molecule has 1 saturated carbocycles. The van der Waals surface area contributed by atoms with Gasteiger partial charge in [0.05, 0.1) is 11.8 Å². The van der Waals surface area contributed by atoms with Gasteiger partial charge in [-0.15, -0.1) is 0 Å². The topological polar surface area (TPSA) is 49.4 Å². The number of imide groups is 1. The average Bonchev–Trinajstić information content (AvgIpc) is 2.88. The molecule has 4 atom stereocenters. The van der Waals surface area contributed by atoms with Crippen LogP contribution in [0.15, 0.2) is 0 Å². The molecule has 2 aliphatic rings. The van der Waals surface area contributed by atoms with Crippen molar-refractivity contribution >= 4 is 11.8 Å². The molecule has 1 aliphatic carbocycles. The molecule has 0 bridgehead atoms. The molecule has 4 heteroatoms. The third kappa shape index (κ3) is 2.39. The molecule has 114 valence electrons.